The van der Waals surface area contributed by atoms with Gasteiger partial charge in [-0.3, -0.25) is 0 Å². The van der Waals surface area contributed by atoms with Gasteiger partial charge in [-0.25, -0.2) is 0 Å². The summed E-state index contributed by atoms with van der Waals surface area (Å²) in [5, 5.41) is 21.4. The van der Waals surface area contributed by atoms with E-state index >= 15 is 0 Å². The molecule has 0 aromatic rings. The maximum Gasteiger partial charge on any atom is 0.0574 e. The van der Waals surface area contributed by atoms with Crippen LogP contribution in [0.2, 0.25) is 0 Å². The van der Waals surface area contributed by atoms with E-state index in [0.29, 0.717) is 34.0 Å². The number of hydrogen-bond donors (Lipinski definition) is 2. The highest BCUT2D eigenvalue weighted by atomic mass is 16.3. The molecule has 4 rings (SSSR count). The highest BCUT2D eigenvalue weighted by Crippen LogP contribution is 2.67. The molecule has 2 nitrogen and oxygen atoms in total. The van der Waals surface area contributed by atoms with E-state index in [9.17, 15) is 10.2 Å². The van der Waals surface area contributed by atoms with Crippen LogP contribution in [0.4, 0.5) is 0 Å². The number of hydrogen-bond acceptors (Lipinski definition) is 2. The van der Waals surface area contributed by atoms with Crippen molar-refractivity contribution in [1.82, 2.24) is 0 Å². The second-order valence-electron chi connectivity index (χ2n) is 13.6. The van der Waals surface area contributed by atoms with Crippen molar-refractivity contribution in [2.24, 2.45) is 51.8 Å². The molecule has 2 N–H and O–H groups in total. The summed E-state index contributed by atoms with van der Waals surface area (Å²) in [4.78, 5) is 0. The van der Waals surface area contributed by atoms with Gasteiger partial charge in [-0.15, -0.1) is 0 Å². The molecule has 2 heteroatoms. The van der Waals surface area contributed by atoms with E-state index in [1.54, 1.807) is 0 Å². The highest BCUT2D eigenvalue weighted by Gasteiger charge is 2.61. The maximum atomic E-state index is 11.1. The summed E-state index contributed by atoms with van der Waals surface area (Å²) in [5.41, 5.74) is 1.22. The molecule has 0 amide bonds. The first-order valence-corrected chi connectivity index (χ1v) is 12.8. The van der Waals surface area contributed by atoms with Gasteiger partial charge in [0, 0.05) is 0 Å². The molecule has 0 aromatic carbocycles. The van der Waals surface area contributed by atoms with E-state index in [2.05, 4.69) is 41.5 Å². The minimum Gasteiger partial charge on any atom is -0.393 e. The second-order valence-corrected chi connectivity index (χ2v) is 13.6. The summed E-state index contributed by atoms with van der Waals surface area (Å²) in [7, 11) is 0. The van der Waals surface area contributed by atoms with E-state index in [0.717, 1.165) is 43.4 Å². The molecule has 0 aliphatic heterocycles. The molecule has 0 radical (unpaired) electrons. The molecule has 4 fully saturated rings. The smallest absolute Gasteiger partial charge is 0.0574 e. The van der Waals surface area contributed by atoms with Crippen LogP contribution < -0.4 is 0 Å². The molecule has 4 aliphatic rings. The van der Waals surface area contributed by atoms with Crippen LogP contribution in [0.1, 0.15) is 106 Å². The van der Waals surface area contributed by atoms with Crippen LogP contribution in [0.3, 0.4) is 0 Å². The van der Waals surface area contributed by atoms with Crippen molar-refractivity contribution < 1.29 is 10.2 Å². The third-order valence-corrected chi connectivity index (χ3v) is 10.7. The van der Waals surface area contributed by atoms with Gasteiger partial charge in [-0.05, 0) is 116 Å². The first-order valence-electron chi connectivity index (χ1n) is 12.8. The van der Waals surface area contributed by atoms with E-state index in [1.165, 1.54) is 38.5 Å². The van der Waals surface area contributed by atoms with E-state index in [4.69, 9.17) is 0 Å². The van der Waals surface area contributed by atoms with Gasteiger partial charge in [0.05, 0.1) is 12.2 Å². The first-order chi connectivity index (χ1) is 13.4. The largest absolute Gasteiger partial charge is 0.393 e. The van der Waals surface area contributed by atoms with E-state index < -0.39 is 0 Å². The molecule has 29 heavy (non-hydrogen) atoms. The molecule has 4 saturated carbocycles. The number of aliphatic hydroxyl groups excluding tert-OH is 2. The van der Waals surface area contributed by atoms with E-state index in [1.807, 2.05) is 0 Å². The monoisotopic (exact) mass is 404 g/mol. The standard InChI is InChI=1S/C27H48O2/c1-17(9-11-25(2,3)4)22-8-7-18-14-21-23(16-27(18,22)6)26(5)12-10-20(28)13-19(26)15-24(21)29/h17-24,28-29H,7-16H2,1-6H3/t17-,18-,19+,20-,21+,22-,23?,24-,26+,27+/m1/s1. The van der Waals surface area contributed by atoms with Gasteiger partial charge in [0.1, 0.15) is 0 Å². The van der Waals surface area contributed by atoms with Crippen molar-refractivity contribution in [3.05, 3.63) is 0 Å². The third kappa shape index (κ3) is 3.84. The summed E-state index contributed by atoms with van der Waals surface area (Å²) in [6.07, 6.45) is 11.8. The van der Waals surface area contributed by atoms with Crippen LogP contribution in [0.25, 0.3) is 0 Å². The van der Waals surface area contributed by atoms with Gasteiger partial charge in [0.15, 0.2) is 0 Å². The lowest BCUT2D eigenvalue weighted by Gasteiger charge is -2.62. The Kier molecular flexibility index (Phi) is 5.73. The van der Waals surface area contributed by atoms with Gasteiger partial charge >= 0.3 is 0 Å². The predicted octanol–water partition coefficient (Wildman–Crippen LogP) is 6.44. The summed E-state index contributed by atoms with van der Waals surface area (Å²) in [6.45, 7) is 14.8. The first kappa shape index (κ1) is 22.1. The average molecular weight is 405 g/mol. The number of aliphatic hydroxyl groups is 2. The van der Waals surface area contributed by atoms with E-state index in [-0.39, 0.29) is 12.2 Å². The van der Waals surface area contributed by atoms with Crippen LogP contribution in [0.5, 0.6) is 0 Å². The molecule has 0 saturated heterocycles. The molecule has 0 aromatic heterocycles. The maximum absolute atomic E-state index is 11.1. The minimum absolute atomic E-state index is 0.134. The lowest BCUT2D eigenvalue weighted by molar-refractivity contribution is -0.166. The molecular weight excluding hydrogens is 356 g/mol. The fourth-order valence-corrected chi connectivity index (χ4v) is 8.83. The van der Waals surface area contributed by atoms with Gasteiger partial charge in [0.2, 0.25) is 0 Å². The minimum atomic E-state index is -0.139. The summed E-state index contributed by atoms with van der Waals surface area (Å²) in [6, 6.07) is 0. The second kappa shape index (κ2) is 7.51. The van der Waals surface area contributed by atoms with Crippen LogP contribution in [0.15, 0.2) is 0 Å². The van der Waals surface area contributed by atoms with Crippen molar-refractivity contribution in [2.45, 2.75) is 118 Å². The Labute approximate surface area is 180 Å². The molecule has 10 atom stereocenters. The van der Waals surface area contributed by atoms with Crippen LogP contribution in [-0.4, -0.2) is 22.4 Å². The van der Waals surface area contributed by atoms with Gasteiger partial charge < -0.3 is 10.2 Å². The van der Waals surface area contributed by atoms with Crippen LogP contribution in [0, 0.1) is 51.8 Å². The Bertz CT molecular complexity index is 594. The normalized spacial score (nSPS) is 51.1. The molecule has 1 unspecified atom stereocenters. The van der Waals surface area contributed by atoms with Gasteiger partial charge in [-0.1, -0.05) is 41.5 Å². The summed E-state index contributed by atoms with van der Waals surface area (Å²) >= 11 is 0. The Hall–Kier alpha value is -0.0800. The molecule has 168 valence electrons. The lowest BCUT2D eigenvalue weighted by Crippen LogP contribution is -2.57. The topological polar surface area (TPSA) is 40.5 Å². The van der Waals surface area contributed by atoms with Crippen molar-refractivity contribution in [2.75, 3.05) is 0 Å². The third-order valence-electron chi connectivity index (χ3n) is 10.7. The summed E-state index contributed by atoms with van der Waals surface area (Å²) in [5.74, 6) is 4.15. The highest BCUT2D eigenvalue weighted by molar-refractivity contribution is 5.10. The summed E-state index contributed by atoms with van der Waals surface area (Å²) < 4.78 is 0. The fourth-order valence-electron chi connectivity index (χ4n) is 8.83. The number of fused-ring (bicyclic) bond motifs is 4. The molecule has 0 spiro atoms. The van der Waals surface area contributed by atoms with Crippen LogP contribution in [-0.2, 0) is 0 Å². The molecule has 0 heterocycles. The predicted molar refractivity (Wildman–Crippen MR) is 120 cm³/mol. The van der Waals surface area contributed by atoms with Crippen molar-refractivity contribution >= 4 is 0 Å². The fraction of sp³-hybridized carbons (Fsp3) is 1.00. The van der Waals surface area contributed by atoms with Crippen molar-refractivity contribution in [1.29, 1.82) is 0 Å². The Morgan fingerprint density at radius 2 is 1.66 bits per heavy atom. The van der Waals surface area contributed by atoms with Gasteiger partial charge in [0.25, 0.3) is 0 Å². The van der Waals surface area contributed by atoms with Crippen molar-refractivity contribution in [3.63, 3.8) is 0 Å². The molecule has 4 aliphatic carbocycles. The average Bonchev–Trinajstić information content (AvgIpc) is 2.96. The SMILES string of the molecule is C[C@H](CCC(C)(C)C)[C@H]1CC[C@@H]2C[C@H]3C(C[C@@]21C)[C@@]1(C)CC[C@@H](O)C[C@H]1C[C@H]3O. The number of rotatable bonds is 3. The lowest BCUT2D eigenvalue weighted by atomic mass is 9.44. The van der Waals surface area contributed by atoms with Crippen molar-refractivity contribution in [3.8, 4) is 0 Å². The Morgan fingerprint density at radius 1 is 0.931 bits per heavy atom. The Balaban J connectivity index is 1.55. The van der Waals surface area contributed by atoms with Crippen LogP contribution >= 0.6 is 0 Å². The van der Waals surface area contributed by atoms with Gasteiger partial charge in [-0.2, -0.15) is 0 Å². The molecular formula is C27H48O2. The Morgan fingerprint density at radius 3 is 2.34 bits per heavy atom. The zero-order valence-corrected chi connectivity index (χ0v) is 20.1. The zero-order chi connectivity index (χ0) is 21.2. The zero-order valence-electron chi connectivity index (χ0n) is 20.1. The quantitative estimate of drug-likeness (QED) is 0.568. The molecule has 0 bridgehead atoms.